The maximum Gasteiger partial charge on any atom is 0.326 e. The molecule has 80 valence electrons. The zero-order chi connectivity index (χ0) is 11.1. The van der Waals surface area contributed by atoms with Gasteiger partial charge in [0.15, 0.2) is 0 Å². The molecule has 0 saturated heterocycles. The Hall–Kier alpha value is -1.52. The molecular weight excluding hydrogens is 184 g/mol. The SMILES string of the molecule is C=CCN(C)C(=O)N[C@@H](CC)C(=O)O. The van der Waals surface area contributed by atoms with Gasteiger partial charge in [-0.15, -0.1) is 6.58 Å². The fraction of sp³-hybridized carbons (Fsp3) is 0.556. The van der Waals surface area contributed by atoms with Gasteiger partial charge in [-0.1, -0.05) is 13.0 Å². The molecule has 0 unspecified atom stereocenters. The van der Waals surface area contributed by atoms with Crippen molar-refractivity contribution >= 4 is 12.0 Å². The Balaban J connectivity index is 4.14. The van der Waals surface area contributed by atoms with Crippen LogP contribution in [0.4, 0.5) is 4.79 Å². The molecule has 2 amide bonds. The number of carbonyl (C=O) groups excluding carboxylic acids is 1. The molecule has 5 nitrogen and oxygen atoms in total. The number of hydrogen-bond donors (Lipinski definition) is 2. The number of carbonyl (C=O) groups is 2. The number of nitrogens with one attached hydrogen (secondary N) is 1. The molecule has 0 aliphatic rings. The van der Waals surface area contributed by atoms with Crippen LogP contribution in [-0.2, 0) is 4.79 Å². The van der Waals surface area contributed by atoms with E-state index in [-0.39, 0.29) is 0 Å². The van der Waals surface area contributed by atoms with E-state index in [0.717, 1.165) is 0 Å². The van der Waals surface area contributed by atoms with Crippen LogP contribution >= 0.6 is 0 Å². The number of aliphatic carboxylic acids is 1. The van der Waals surface area contributed by atoms with Crippen molar-refractivity contribution in [2.75, 3.05) is 13.6 Å². The van der Waals surface area contributed by atoms with Crippen LogP contribution in [0.5, 0.6) is 0 Å². The van der Waals surface area contributed by atoms with Crippen molar-refractivity contribution < 1.29 is 14.7 Å². The van der Waals surface area contributed by atoms with Gasteiger partial charge in [0.2, 0.25) is 0 Å². The molecule has 0 aromatic heterocycles. The number of likely N-dealkylation sites (N-methyl/N-ethyl adjacent to an activating group) is 1. The molecule has 0 bridgehead atoms. The van der Waals surface area contributed by atoms with Crippen LogP contribution in [0.3, 0.4) is 0 Å². The largest absolute Gasteiger partial charge is 0.480 e. The van der Waals surface area contributed by atoms with Gasteiger partial charge in [0.05, 0.1) is 0 Å². The Kier molecular flexibility index (Phi) is 5.36. The highest BCUT2D eigenvalue weighted by Crippen LogP contribution is 1.93. The van der Waals surface area contributed by atoms with Crippen LogP contribution in [0.2, 0.25) is 0 Å². The Labute approximate surface area is 83.4 Å². The fourth-order valence-electron chi connectivity index (χ4n) is 0.874. The molecular formula is C9H16N2O3. The lowest BCUT2D eigenvalue weighted by molar-refractivity contribution is -0.139. The lowest BCUT2D eigenvalue weighted by atomic mass is 10.2. The van der Waals surface area contributed by atoms with E-state index in [1.165, 1.54) is 4.90 Å². The average Bonchev–Trinajstić information content (AvgIpc) is 2.13. The van der Waals surface area contributed by atoms with Gasteiger partial charge in [-0.3, -0.25) is 0 Å². The van der Waals surface area contributed by atoms with Gasteiger partial charge in [-0.25, -0.2) is 9.59 Å². The summed E-state index contributed by atoms with van der Waals surface area (Å²) in [6.07, 6.45) is 1.93. The van der Waals surface area contributed by atoms with Crippen molar-refractivity contribution in [1.82, 2.24) is 10.2 Å². The van der Waals surface area contributed by atoms with Gasteiger partial charge in [0.25, 0.3) is 0 Å². The molecule has 0 aromatic rings. The number of nitrogens with zero attached hydrogens (tertiary/aromatic N) is 1. The van der Waals surface area contributed by atoms with Crippen molar-refractivity contribution in [3.63, 3.8) is 0 Å². The van der Waals surface area contributed by atoms with Gasteiger partial charge in [-0.2, -0.15) is 0 Å². The predicted molar refractivity (Wildman–Crippen MR) is 53.1 cm³/mol. The number of rotatable bonds is 5. The summed E-state index contributed by atoms with van der Waals surface area (Å²) < 4.78 is 0. The molecule has 0 spiro atoms. The highest BCUT2D eigenvalue weighted by molar-refractivity contribution is 5.82. The van der Waals surface area contributed by atoms with E-state index in [0.29, 0.717) is 13.0 Å². The molecule has 0 radical (unpaired) electrons. The molecule has 2 N–H and O–H groups in total. The number of carboxylic acid groups (broad SMARTS) is 1. The van der Waals surface area contributed by atoms with E-state index in [9.17, 15) is 9.59 Å². The summed E-state index contributed by atoms with van der Waals surface area (Å²) in [5.74, 6) is -1.02. The van der Waals surface area contributed by atoms with Crippen LogP contribution in [0.1, 0.15) is 13.3 Å². The molecule has 0 aliphatic heterocycles. The Morgan fingerprint density at radius 3 is 2.57 bits per heavy atom. The summed E-state index contributed by atoms with van der Waals surface area (Å²) in [4.78, 5) is 23.3. The molecule has 0 rings (SSSR count). The lowest BCUT2D eigenvalue weighted by Crippen LogP contribution is -2.46. The van der Waals surface area contributed by atoms with Gasteiger partial charge in [-0.05, 0) is 6.42 Å². The Bertz CT molecular complexity index is 228. The maximum atomic E-state index is 11.3. The second-order valence-corrected chi connectivity index (χ2v) is 2.92. The Morgan fingerprint density at radius 2 is 2.21 bits per heavy atom. The van der Waals surface area contributed by atoms with E-state index in [1.54, 1.807) is 20.0 Å². The summed E-state index contributed by atoms with van der Waals surface area (Å²) in [6.45, 7) is 5.57. The lowest BCUT2D eigenvalue weighted by Gasteiger charge is -2.19. The second-order valence-electron chi connectivity index (χ2n) is 2.92. The van der Waals surface area contributed by atoms with Crippen molar-refractivity contribution in [1.29, 1.82) is 0 Å². The molecule has 1 atom stereocenters. The van der Waals surface area contributed by atoms with Crippen LogP contribution in [0.15, 0.2) is 12.7 Å². The molecule has 0 aromatic carbocycles. The zero-order valence-electron chi connectivity index (χ0n) is 8.49. The minimum atomic E-state index is -1.02. The highest BCUT2D eigenvalue weighted by Gasteiger charge is 2.18. The van der Waals surface area contributed by atoms with E-state index in [2.05, 4.69) is 11.9 Å². The first kappa shape index (κ1) is 12.5. The van der Waals surface area contributed by atoms with Crippen molar-refractivity contribution in [3.05, 3.63) is 12.7 Å². The highest BCUT2D eigenvalue weighted by atomic mass is 16.4. The summed E-state index contributed by atoms with van der Waals surface area (Å²) in [5.41, 5.74) is 0. The third kappa shape index (κ3) is 3.93. The average molecular weight is 200 g/mol. The van der Waals surface area contributed by atoms with E-state index in [4.69, 9.17) is 5.11 Å². The third-order valence-corrected chi connectivity index (χ3v) is 1.75. The Morgan fingerprint density at radius 1 is 1.64 bits per heavy atom. The van der Waals surface area contributed by atoms with Crippen LogP contribution in [0.25, 0.3) is 0 Å². The monoisotopic (exact) mass is 200 g/mol. The zero-order valence-corrected chi connectivity index (χ0v) is 8.49. The first-order valence-electron chi connectivity index (χ1n) is 4.38. The molecule has 0 saturated carbocycles. The van der Waals surface area contributed by atoms with E-state index >= 15 is 0 Å². The maximum absolute atomic E-state index is 11.3. The third-order valence-electron chi connectivity index (χ3n) is 1.75. The van der Waals surface area contributed by atoms with Gasteiger partial charge in [0.1, 0.15) is 6.04 Å². The standard InChI is InChI=1S/C9H16N2O3/c1-4-6-11(3)9(14)10-7(5-2)8(12)13/h4,7H,1,5-6H2,2-3H3,(H,10,14)(H,12,13)/t7-/m0/s1. The minimum Gasteiger partial charge on any atom is -0.480 e. The predicted octanol–water partition coefficient (Wildman–Crippen LogP) is 0.677. The molecule has 0 aliphatic carbocycles. The first-order valence-corrected chi connectivity index (χ1v) is 4.38. The van der Waals surface area contributed by atoms with Gasteiger partial charge < -0.3 is 15.3 Å². The molecule has 14 heavy (non-hydrogen) atoms. The summed E-state index contributed by atoms with van der Waals surface area (Å²) >= 11 is 0. The van der Waals surface area contributed by atoms with Crippen LogP contribution in [0, 0.1) is 0 Å². The first-order chi connectivity index (χ1) is 6.52. The van der Waals surface area contributed by atoms with Gasteiger partial charge in [0, 0.05) is 13.6 Å². The minimum absolute atomic E-state index is 0.364. The topological polar surface area (TPSA) is 69.6 Å². The number of carboxylic acids is 1. The summed E-state index contributed by atoms with van der Waals surface area (Å²) in [5, 5.41) is 11.1. The second kappa shape index (κ2) is 6.01. The normalized spacial score (nSPS) is 11.6. The van der Waals surface area contributed by atoms with Crippen molar-refractivity contribution in [3.8, 4) is 0 Å². The number of urea groups is 1. The van der Waals surface area contributed by atoms with E-state index < -0.39 is 18.0 Å². The van der Waals surface area contributed by atoms with E-state index in [1.807, 2.05) is 0 Å². The van der Waals surface area contributed by atoms with Crippen molar-refractivity contribution in [2.45, 2.75) is 19.4 Å². The molecule has 5 heteroatoms. The van der Waals surface area contributed by atoms with Crippen LogP contribution in [-0.4, -0.2) is 41.6 Å². The fourth-order valence-corrected chi connectivity index (χ4v) is 0.874. The molecule has 0 heterocycles. The quantitative estimate of drug-likeness (QED) is 0.641. The van der Waals surface area contributed by atoms with Gasteiger partial charge >= 0.3 is 12.0 Å². The number of hydrogen-bond acceptors (Lipinski definition) is 2. The molecule has 0 fully saturated rings. The number of amides is 2. The summed E-state index contributed by atoms with van der Waals surface area (Å²) in [6, 6.07) is -1.23. The van der Waals surface area contributed by atoms with Crippen molar-refractivity contribution in [2.24, 2.45) is 0 Å². The summed E-state index contributed by atoms with van der Waals surface area (Å²) in [7, 11) is 1.57. The van der Waals surface area contributed by atoms with Crippen LogP contribution < -0.4 is 5.32 Å². The smallest absolute Gasteiger partial charge is 0.326 e.